The summed E-state index contributed by atoms with van der Waals surface area (Å²) in [5, 5.41) is 0.831. The zero-order chi connectivity index (χ0) is 13.3. The lowest BCUT2D eigenvalue weighted by Gasteiger charge is -2.30. The van der Waals surface area contributed by atoms with Crippen LogP contribution < -0.4 is 10.6 Å². The number of rotatable bonds is 3. The molecule has 1 aromatic carbocycles. The molecule has 1 saturated heterocycles. The highest BCUT2D eigenvalue weighted by Crippen LogP contribution is 2.35. The minimum absolute atomic E-state index is 0.0380. The van der Waals surface area contributed by atoms with Crippen LogP contribution in [0.3, 0.4) is 0 Å². The quantitative estimate of drug-likeness (QED) is 0.897. The first kappa shape index (κ1) is 13.7. The predicted octanol–water partition coefficient (Wildman–Crippen LogP) is 3.98. The lowest BCUT2D eigenvalue weighted by atomic mass is 10.0. The van der Waals surface area contributed by atoms with Crippen molar-refractivity contribution in [1.29, 1.82) is 0 Å². The Bertz CT molecular complexity index is 415. The van der Waals surface area contributed by atoms with Gasteiger partial charge >= 0.3 is 0 Å². The predicted molar refractivity (Wildman–Crippen MR) is 79.3 cm³/mol. The topological polar surface area (TPSA) is 29.3 Å². The number of anilines is 1. The van der Waals surface area contributed by atoms with E-state index in [2.05, 4.69) is 30.9 Å². The van der Waals surface area contributed by atoms with Gasteiger partial charge in [-0.3, -0.25) is 0 Å². The molecule has 100 valence electrons. The van der Waals surface area contributed by atoms with E-state index >= 15 is 0 Å². The maximum absolute atomic E-state index is 6.43. The second-order valence-corrected chi connectivity index (χ2v) is 6.05. The van der Waals surface area contributed by atoms with E-state index in [1.807, 2.05) is 13.0 Å². The molecule has 0 spiro atoms. The molecule has 0 bridgehead atoms. The van der Waals surface area contributed by atoms with Gasteiger partial charge in [0.1, 0.15) is 0 Å². The van der Waals surface area contributed by atoms with E-state index in [9.17, 15) is 0 Å². The fraction of sp³-hybridized carbons (Fsp3) is 0.600. The second-order valence-electron chi connectivity index (χ2n) is 5.65. The minimum atomic E-state index is 0.0380. The van der Waals surface area contributed by atoms with Crippen molar-refractivity contribution in [2.45, 2.75) is 45.7 Å². The van der Waals surface area contributed by atoms with E-state index in [1.165, 1.54) is 12.8 Å². The van der Waals surface area contributed by atoms with Crippen molar-refractivity contribution in [3.8, 4) is 0 Å². The Balaban J connectivity index is 2.28. The van der Waals surface area contributed by atoms with Crippen molar-refractivity contribution in [2.24, 2.45) is 11.7 Å². The van der Waals surface area contributed by atoms with Crippen molar-refractivity contribution in [1.82, 2.24) is 0 Å². The minimum Gasteiger partial charge on any atom is -0.367 e. The lowest BCUT2D eigenvalue weighted by Crippen LogP contribution is -2.33. The van der Waals surface area contributed by atoms with E-state index in [4.69, 9.17) is 17.3 Å². The van der Waals surface area contributed by atoms with Gasteiger partial charge in [-0.15, -0.1) is 0 Å². The molecule has 0 radical (unpaired) electrons. The smallest absolute Gasteiger partial charge is 0.0642 e. The number of hydrogen-bond donors (Lipinski definition) is 1. The Morgan fingerprint density at radius 2 is 2.06 bits per heavy atom. The summed E-state index contributed by atoms with van der Waals surface area (Å²) in [5.41, 5.74) is 8.15. The Morgan fingerprint density at radius 1 is 1.33 bits per heavy atom. The first-order valence-electron chi connectivity index (χ1n) is 6.82. The first-order valence-corrected chi connectivity index (χ1v) is 7.20. The molecule has 1 aliphatic heterocycles. The molecule has 18 heavy (non-hydrogen) atoms. The summed E-state index contributed by atoms with van der Waals surface area (Å²) in [6, 6.07) is 6.89. The largest absolute Gasteiger partial charge is 0.367 e. The van der Waals surface area contributed by atoms with Crippen LogP contribution in [0.2, 0.25) is 5.02 Å². The van der Waals surface area contributed by atoms with Crippen molar-refractivity contribution in [2.75, 3.05) is 11.4 Å². The number of hydrogen-bond acceptors (Lipinski definition) is 2. The molecular formula is C15H23ClN2. The summed E-state index contributed by atoms with van der Waals surface area (Å²) in [7, 11) is 0. The van der Waals surface area contributed by atoms with Crippen molar-refractivity contribution >= 4 is 17.3 Å². The monoisotopic (exact) mass is 266 g/mol. The van der Waals surface area contributed by atoms with Gasteiger partial charge in [0.05, 0.1) is 10.7 Å². The van der Waals surface area contributed by atoms with Crippen LogP contribution >= 0.6 is 11.6 Å². The van der Waals surface area contributed by atoms with Gasteiger partial charge in [-0.2, -0.15) is 0 Å². The fourth-order valence-corrected chi connectivity index (χ4v) is 3.12. The van der Waals surface area contributed by atoms with Crippen LogP contribution in [0.15, 0.2) is 18.2 Å². The maximum atomic E-state index is 6.43. The molecule has 2 unspecified atom stereocenters. The highest BCUT2D eigenvalue weighted by Gasteiger charge is 2.28. The maximum Gasteiger partial charge on any atom is 0.0642 e. The van der Waals surface area contributed by atoms with Crippen LogP contribution in [0.25, 0.3) is 0 Å². The number of benzene rings is 1. The molecule has 2 nitrogen and oxygen atoms in total. The molecule has 1 aliphatic rings. The molecule has 2 N–H and O–H groups in total. The zero-order valence-electron chi connectivity index (χ0n) is 11.5. The van der Waals surface area contributed by atoms with E-state index in [1.54, 1.807) is 0 Å². The number of nitrogens with two attached hydrogens (primary N) is 1. The summed E-state index contributed by atoms with van der Waals surface area (Å²) in [4.78, 5) is 2.46. The van der Waals surface area contributed by atoms with Gasteiger partial charge in [0, 0.05) is 18.6 Å². The third kappa shape index (κ3) is 2.65. The SMILES string of the molecule is CC(N)c1ccc(N2CCCC2C(C)C)c(Cl)c1. The summed E-state index contributed by atoms with van der Waals surface area (Å²) in [6.45, 7) is 7.67. The van der Waals surface area contributed by atoms with E-state index in [0.29, 0.717) is 12.0 Å². The molecule has 2 rings (SSSR count). The first-order chi connectivity index (χ1) is 8.50. The van der Waals surface area contributed by atoms with Gasteiger partial charge in [0.2, 0.25) is 0 Å². The van der Waals surface area contributed by atoms with Gasteiger partial charge in [-0.25, -0.2) is 0 Å². The van der Waals surface area contributed by atoms with Crippen LogP contribution in [0, 0.1) is 5.92 Å². The third-order valence-corrected chi connectivity index (χ3v) is 4.18. The normalized spacial score (nSPS) is 21.7. The van der Waals surface area contributed by atoms with Crippen LogP contribution in [0.4, 0.5) is 5.69 Å². The van der Waals surface area contributed by atoms with Gasteiger partial charge in [-0.05, 0) is 43.4 Å². The van der Waals surface area contributed by atoms with Gasteiger partial charge in [0.15, 0.2) is 0 Å². The average Bonchev–Trinajstić information content (AvgIpc) is 2.77. The molecule has 0 aromatic heterocycles. The molecule has 0 aliphatic carbocycles. The molecular weight excluding hydrogens is 244 g/mol. The summed E-state index contributed by atoms with van der Waals surface area (Å²) in [5.74, 6) is 0.664. The van der Waals surface area contributed by atoms with Crippen molar-refractivity contribution in [3.05, 3.63) is 28.8 Å². The third-order valence-electron chi connectivity index (χ3n) is 3.88. The highest BCUT2D eigenvalue weighted by atomic mass is 35.5. The molecule has 2 atom stereocenters. The highest BCUT2D eigenvalue weighted by molar-refractivity contribution is 6.33. The van der Waals surface area contributed by atoms with Crippen molar-refractivity contribution < 1.29 is 0 Å². The van der Waals surface area contributed by atoms with Crippen LogP contribution in [-0.2, 0) is 0 Å². The van der Waals surface area contributed by atoms with Crippen LogP contribution in [0.1, 0.15) is 45.2 Å². The number of halogens is 1. The standard InChI is InChI=1S/C15H23ClN2/c1-10(2)14-5-4-8-18(14)15-7-6-12(11(3)17)9-13(15)16/h6-7,9-11,14H,4-5,8,17H2,1-3H3. The van der Waals surface area contributed by atoms with Gasteiger partial charge < -0.3 is 10.6 Å². The van der Waals surface area contributed by atoms with E-state index < -0.39 is 0 Å². The van der Waals surface area contributed by atoms with Crippen LogP contribution in [0.5, 0.6) is 0 Å². The molecule has 1 aromatic rings. The van der Waals surface area contributed by atoms with Crippen LogP contribution in [-0.4, -0.2) is 12.6 Å². The Morgan fingerprint density at radius 3 is 2.61 bits per heavy atom. The Kier molecular flexibility index (Phi) is 4.18. The number of nitrogens with zero attached hydrogens (tertiary/aromatic N) is 1. The van der Waals surface area contributed by atoms with E-state index in [0.717, 1.165) is 22.8 Å². The molecule has 1 heterocycles. The summed E-state index contributed by atoms with van der Waals surface area (Å²) >= 11 is 6.43. The van der Waals surface area contributed by atoms with Gasteiger partial charge in [-0.1, -0.05) is 31.5 Å². The average molecular weight is 267 g/mol. The summed E-state index contributed by atoms with van der Waals surface area (Å²) in [6.07, 6.45) is 2.53. The van der Waals surface area contributed by atoms with Gasteiger partial charge in [0.25, 0.3) is 0 Å². The van der Waals surface area contributed by atoms with Crippen molar-refractivity contribution in [3.63, 3.8) is 0 Å². The molecule has 3 heteroatoms. The lowest BCUT2D eigenvalue weighted by molar-refractivity contribution is 0.492. The summed E-state index contributed by atoms with van der Waals surface area (Å²) < 4.78 is 0. The molecule has 1 fully saturated rings. The fourth-order valence-electron chi connectivity index (χ4n) is 2.82. The zero-order valence-corrected chi connectivity index (χ0v) is 12.2. The molecule has 0 amide bonds. The Hall–Kier alpha value is -0.730. The van der Waals surface area contributed by atoms with E-state index in [-0.39, 0.29) is 6.04 Å². The molecule has 0 saturated carbocycles. The Labute approximate surface area is 115 Å². The second kappa shape index (κ2) is 5.50.